The lowest BCUT2D eigenvalue weighted by Gasteiger charge is -2.24. The molecule has 0 unspecified atom stereocenters. The number of nitrogens with zero attached hydrogens (tertiary/aromatic N) is 2. The minimum atomic E-state index is -4.19. The molecule has 0 aromatic heterocycles. The first-order valence-corrected chi connectivity index (χ1v) is 12.5. The van der Waals surface area contributed by atoms with Gasteiger partial charge in [-0.2, -0.15) is 0 Å². The highest BCUT2D eigenvalue weighted by molar-refractivity contribution is 7.92. The monoisotopic (exact) mass is 513 g/mol. The first kappa shape index (κ1) is 26.5. The van der Waals surface area contributed by atoms with Gasteiger partial charge >= 0.3 is 0 Å². The SMILES string of the molecule is COc1cc(CNC(=O)CN(c2cccc([N+](=O)[O-])c2)S(=O)(=O)c2ccccc2)ccc1OC(C)C. The number of nitro benzene ring substituents is 1. The second-order valence-corrected chi connectivity index (χ2v) is 9.89. The zero-order valence-electron chi connectivity index (χ0n) is 20.1. The van der Waals surface area contributed by atoms with Crippen molar-refractivity contribution in [2.45, 2.75) is 31.4 Å². The first-order chi connectivity index (χ1) is 17.1. The van der Waals surface area contributed by atoms with Gasteiger partial charge in [-0.05, 0) is 49.7 Å². The molecular weight excluding hydrogens is 486 g/mol. The zero-order chi connectivity index (χ0) is 26.3. The maximum absolute atomic E-state index is 13.4. The molecule has 10 nitrogen and oxygen atoms in total. The van der Waals surface area contributed by atoms with Crippen LogP contribution in [0.15, 0.2) is 77.7 Å². The fraction of sp³-hybridized carbons (Fsp3) is 0.240. The number of carbonyl (C=O) groups is 1. The lowest BCUT2D eigenvalue weighted by atomic mass is 10.2. The van der Waals surface area contributed by atoms with Crippen molar-refractivity contribution >= 4 is 27.3 Å². The second kappa shape index (κ2) is 11.5. The summed E-state index contributed by atoms with van der Waals surface area (Å²) in [6.07, 6.45) is -0.0455. The molecule has 11 heteroatoms. The van der Waals surface area contributed by atoms with Gasteiger partial charge < -0.3 is 14.8 Å². The predicted molar refractivity (Wildman–Crippen MR) is 135 cm³/mol. The van der Waals surface area contributed by atoms with E-state index in [2.05, 4.69) is 5.32 Å². The molecule has 0 fully saturated rings. The van der Waals surface area contributed by atoms with E-state index in [0.29, 0.717) is 17.1 Å². The minimum Gasteiger partial charge on any atom is -0.493 e. The van der Waals surface area contributed by atoms with Crippen LogP contribution in [-0.4, -0.2) is 39.0 Å². The summed E-state index contributed by atoms with van der Waals surface area (Å²) in [5.74, 6) is 0.469. The highest BCUT2D eigenvalue weighted by Gasteiger charge is 2.28. The van der Waals surface area contributed by atoms with Gasteiger partial charge in [-0.1, -0.05) is 30.3 Å². The van der Waals surface area contributed by atoms with Gasteiger partial charge in [0, 0.05) is 18.7 Å². The topological polar surface area (TPSA) is 128 Å². The molecule has 3 aromatic rings. The Morgan fingerprint density at radius 3 is 2.39 bits per heavy atom. The Balaban J connectivity index is 1.84. The Morgan fingerprint density at radius 2 is 1.75 bits per heavy atom. The van der Waals surface area contributed by atoms with E-state index in [9.17, 15) is 23.3 Å². The van der Waals surface area contributed by atoms with Crippen LogP contribution in [0.3, 0.4) is 0 Å². The van der Waals surface area contributed by atoms with Crippen LogP contribution in [0.2, 0.25) is 0 Å². The van der Waals surface area contributed by atoms with Gasteiger partial charge in [0.25, 0.3) is 15.7 Å². The molecule has 0 radical (unpaired) electrons. The Morgan fingerprint density at radius 1 is 1.03 bits per heavy atom. The second-order valence-electron chi connectivity index (χ2n) is 8.03. The number of amides is 1. The van der Waals surface area contributed by atoms with E-state index in [1.54, 1.807) is 36.4 Å². The molecule has 0 saturated heterocycles. The summed E-state index contributed by atoms with van der Waals surface area (Å²) in [6.45, 7) is 3.31. The highest BCUT2D eigenvalue weighted by atomic mass is 32.2. The number of anilines is 1. The van der Waals surface area contributed by atoms with Crippen LogP contribution < -0.4 is 19.1 Å². The smallest absolute Gasteiger partial charge is 0.271 e. The number of methoxy groups -OCH3 is 1. The van der Waals surface area contributed by atoms with Crippen molar-refractivity contribution in [3.8, 4) is 11.5 Å². The van der Waals surface area contributed by atoms with Gasteiger partial charge in [0.05, 0.1) is 28.7 Å². The molecule has 0 aliphatic carbocycles. The third-order valence-electron chi connectivity index (χ3n) is 5.03. The van der Waals surface area contributed by atoms with Crippen molar-refractivity contribution < 1.29 is 27.6 Å². The van der Waals surface area contributed by atoms with Crippen LogP contribution in [0.25, 0.3) is 0 Å². The molecule has 0 aliphatic rings. The van der Waals surface area contributed by atoms with Crippen LogP contribution >= 0.6 is 0 Å². The van der Waals surface area contributed by atoms with Crippen LogP contribution in [-0.2, 0) is 21.4 Å². The number of carbonyl (C=O) groups excluding carboxylic acids is 1. The van der Waals surface area contributed by atoms with Crippen LogP contribution in [0, 0.1) is 10.1 Å². The molecule has 0 aliphatic heterocycles. The van der Waals surface area contributed by atoms with Crippen LogP contribution in [0.1, 0.15) is 19.4 Å². The summed E-state index contributed by atoms with van der Waals surface area (Å²) in [7, 11) is -2.68. The number of nitrogens with one attached hydrogen (secondary N) is 1. The first-order valence-electron chi connectivity index (χ1n) is 11.0. The fourth-order valence-electron chi connectivity index (χ4n) is 3.36. The number of ether oxygens (including phenoxy) is 2. The van der Waals surface area contributed by atoms with Crippen LogP contribution in [0.5, 0.6) is 11.5 Å². The number of nitro groups is 1. The molecule has 3 rings (SSSR count). The fourth-order valence-corrected chi connectivity index (χ4v) is 4.79. The summed E-state index contributed by atoms with van der Waals surface area (Å²) in [5, 5.41) is 13.9. The Bertz CT molecular complexity index is 1330. The average molecular weight is 514 g/mol. The van der Waals surface area contributed by atoms with Gasteiger partial charge in [0.15, 0.2) is 11.5 Å². The van der Waals surface area contributed by atoms with Crippen molar-refractivity contribution in [3.05, 3.63) is 88.5 Å². The molecule has 36 heavy (non-hydrogen) atoms. The van der Waals surface area contributed by atoms with Crippen molar-refractivity contribution in [1.29, 1.82) is 0 Å². The number of sulfonamides is 1. The van der Waals surface area contributed by atoms with E-state index in [1.165, 1.54) is 37.4 Å². The molecule has 1 amide bonds. The number of hydrogen-bond acceptors (Lipinski definition) is 7. The number of rotatable bonds is 11. The molecule has 0 atom stereocenters. The average Bonchev–Trinajstić information content (AvgIpc) is 2.86. The van der Waals surface area contributed by atoms with E-state index in [4.69, 9.17) is 9.47 Å². The summed E-state index contributed by atoms with van der Waals surface area (Å²) in [6, 6.07) is 17.9. The van der Waals surface area contributed by atoms with Gasteiger partial charge in [0.1, 0.15) is 6.54 Å². The number of non-ortho nitro benzene ring substituents is 1. The molecule has 0 bridgehead atoms. The predicted octanol–water partition coefficient (Wildman–Crippen LogP) is 3.90. The molecule has 1 N–H and O–H groups in total. The summed E-state index contributed by atoms with van der Waals surface area (Å²) in [4.78, 5) is 23.4. The molecule has 3 aromatic carbocycles. The lowest BCUT2D eigenvalue weighted by molar-refractivity contribution is -0.384. The molecule has 0 saturated carbocycles. The van der Waals surface area contributed by atoms with Gasteiger partial charge in [0.2, 0.25) is 5.91 Å². The number of hydrogen-bond donors (Lipinski definition) is 1. The largest absolute Gasteiger partial charge is 0.493 e. The third-order valence-corrected chi connectivity index (χ3v) is 6.82. The Labute approximate surface area is 209 Å². The quantitative estimate of drug-likeness (QED) is 0.304. The standard InChI is InChI=1S/C25H27N3O7S/c1-18(2)35-23-13-12-19(14-24(23)34-3)16-26-25(29)17-27(20-8-7-9-21(15-20)28(30)31)36(32,33)22-10-5-4-6-11-22/h4-15,18H,16-17H2,1-3H3,(H,26,29). The van der Waals surface area contributed by atoms with Crippen LogP contribution in [0.4, 0.5) is 11.4 Å². The van der Waals surface area contributed by atoms with Crippen molar-refractivity contribution in [2.24, 2.45) is 0 Å². The van der Waals surface area contributed by atoms with Gasteiger partial charge in [-0.25, -0.2) is 8.42 Å². The maximum Gasteiger partial charge on any atom is 0.271 e. The van der Waals surface area contributed by atoms with E-state index < -0.39 is 27.4 Å². The van der Waals surface area contributed by atoms with E-state index in [-0.39, 0.29) is 28.9 Å². The maximum atomic E-state index is 13.4. The summed E-state index contributed by atoms with van der Waals surface area (Å²) in [5.41, 5.74) is 0.418. The lowest BCUT2D eigenvalue weighted by Crippen LogP contribution is -2.40. The van der Waals surface area contributed by atoms with Gasteiger partial charge in [-0.15, -0.1) is 0 Å². The molecule has 190 valence electrons. The third kappa shape index (κ3) is 6.51. The normalized spacial score (nSPS) is 11.1. The van der Waals surface area contributed by atoms with E-state index in [0.717, 1.165) is 10.4 Å². The number of benzene rings is 3. The molecular formula is C25H27N3O7S. The highest BCUT2D eigenvalue weighted by Crippen LogP contribution is 2.29. The summed E-state index contributed by atoms with van der Waals surface area (Å²) < 4.78 is 38.7. The molecule has 0 spiro atoms. The molecule has 0 heterocycles. The van der Waals surface area contributed by atoms with Crippen molar-refractivity contribution in [1.82, 2.24) is 5.32 Å². The minimum absolute atomic E-state index is 0.0000550. The van der Waals surface area contributed by atoms with Gasteiger partial charge in [-0.3, -0.25) is 19.2 Å². The Kier molecular flexibility index (Phi) is 8.49. The van der Waals surface area contributed by atoms with E-state index >= 15 is 0 Å². The van der Waals surface area contributed by atoms with Crippen molar-refractivity contribution in [3.63, 3.8) is 0 Å². The Hall–Kier alpha value is -4.12. The van der Waals surface area contributed by atoms with E-state index in [1.807, 2.05) is 13.8 Å². The zero-order valence-corrected chi connectivity index (χ0v) is 20.9. The summed E-state index contributed by atoms with van der Waals surface area (Å²) >= 11 is 0. The van der Waals surface area contributed by atoms with Crippen molar-refractivity contribution in [2.75, 3.05) is 18.0 Å².